The van der Waals surface area contributed by atoms with Gasteiger partial charge in [-0.1, -0.05) is 25.2 Å². The Balaban J connectivity index is 2.69. The largest absolute Gasteiger partial charge is 0.360 e. The van der Waals surface area contributed by atoms with Crippen molar-refractivity contribution in [2.45, 2.75) is 46.1 Å². The van der Waals surface area contributed by atoms with Gasteiger partial charge in [0.05, 0.1) is 0 Å². The summed E-state index contributed by atoms with van der Waals surface area (Å²) in [5.74, 6) is -0.141. The zero-order chi connectivity index (χ0) is 12.9. The predicted octanol–water partition coefficient (Wildman–Crippen LogP) is 2.28. The molecule has 0 saturated heterocycles. The highest BCUT2D eigenvalue weighted by Gasteiger charge is 2.24. The van der Waals surface area contributed by atoms with Crippen molar-refractivity contribution < 1.29 is 4.79 Å². The Bertz CT molecular complexity index is 373. The summed E-state index contributed by atoms with van der Waals surface area (Å²) in [5.41, 5.74) is -0.166. The van der Waals surface area contributed by atoms with Crippen molar-refractivity contribution >= 4 is 22.4 Å². The van der Waals surface area contributed by atoms with Gasteiger partial charge in [-0.25, -0.2) is 0 Å². The topological polar surface area (TPSA) is 66.9 Å². The Kier molecular flexibility index (Phi) is 4.86. The van der Waals surface area contributed by atoms with Crippen molar-refractivity contribution in [1.82, 2.24) is 15.5 Å². The van der Waals surface area contributed by atoms with Gasteiger partial charge in [-0.15, -0.1) is 10.2 Å². The van der Waals surface area contributed by atoms with Crippen LogP contribution in [0.5, 0.6) is 0 Å². The van der Waals surface area contributed by atoms with E-state index in [1.807, 2.05) is 13.8 Å². The van der Waals surface area contributed by atoms with Crippen molar-refractivity contribution in [3.63, 3.8) is 0 Å². The Morgan fingerprint density at radius 2 is 1.94 bits per heavy atom. The number of hydrogen-bond acceptors (Lipinski definition) is 5. The summed E-state index contributed by atoms with van der Waals surface area (Å²) in [7, 11) is 0. The van der Waals surface area contributed by atoms with Crippen molar-refractivity contribution in [3.8, 4) is 0 Å². The highest BCUT2D eigenvalue weighted by atomic mass is 32.1. The summed E-state index contributed by atoms with van der Waals surface area (Å²) in [5, 5.41) is 14.9. The summed E-state index contributed by atoms with van der Waals surface area (Å²) in [4.78, 5) is 12.0. The molecule has 1 aromatic heterocycles. The van der Waals surface area contributed by atoms with Gasteiger partial charge in [0.25, 0.3) is 5.91 Å². The van der Waals surface area contributed by atoms with Crippen molar-refractivity contribution in [2.24, 2.45) is 0 Å². The fourth-order valence-corrected chi connectivity index (χ4v) is 2.00. The van der Waals surface area contributed by atoms with Gasteiger partial charge >= 0.3 is 0 Å². The maximum Gasteiger partial charge on any atom is 0.282 e. The Morgan fingerprint density at radius 1 is 1.29 bits per heavy atom. The number of hydrogen-bond donors (Lipinski definition) is 2. The zero-order valence-corrected chi connectivity index (χ0v) is 11.6. The van der Waals surface area contributed by atoms with E-state index >= 15 is 0 Å². The molecule has 0 unspecified atom stereocenters. The van der Waals surface area contributed by atoms with E-state index in [2.05, 4.69) is 34.7 Å². The third kappa shape index (κ3) is 3.66. The third-order valence-corrected chi connectivity index (χ3v) is 3.80. The maximum atomic E-state index is 12.0. The van der Waals surface area contributed by atoms with Gasteiger partial charge in [-0.2, -0.15) is 0 Å². The molecule has 6 heteroatoms. The summed E-state index contributed by atoms with van der Waals surface area (Å²) >= 11 is 1.28. The van der Waals surface area contributed by atoms with E-state index in [0.29, 0.717) is 10.1 Å². The number of rotatable bonds is 6. The van der Waals surface area contributed by atoms with Crippen molar-refractivity contribution in [1.29, 1.82) is 0 Å². The van der Waals surface area contributed by atoms with Crippen molar-refractivity contribution in [2.75, 3.05) is 11.9 Å². The van der Waals surface area contributed by atoms with Gasteiger partial charge in [0.2, 0.25) is 10.1 Å². The second-order valence-electron chi connectivity index (χ2n) is 4.16. The highest BCUT2D eigenvalue weighted by Crippen LogP contribution is 2.18. The van der Waals surface area contributed by atoms with Crippen molar-refractivity contribution in [3.05, 3.63) is 5.01 Å². The summed E-state index contributed by atoms with van der Waals surface area (Å²) in [6.07, 6.45) is 1.79. The van der Waals surface area contributed by atoms with Crippen LogP contribution in [0.25, 0.3) is 0 Å². The smallest absolute Gasteiger partial charge is 0.282 e. The molecular weight excluding hydrogens is 236 g/mol. The van der Waals surface area contributed by atoms with Crippen LogP contribution in [0.4, 0.5) is 5.13 Å². The lowest BCUT2D eigenvalue weighted by Crippen LogP contribution is -2.44. The SMILES string of the molecule is CCNc1nnc(C(=O)NC(C)(CC)CC)s1. The minimum Gasteiger partial charge on any atom is -0.360 e. The average molecular weight is 256 g/mol. The minimum absolute atomic E-state index is 0.141. The molecule has 0 spiro atoms. The second-order valence-corrected chi connectivity index (χ2v) is 5.14. The van der Waals surface area contributed by atoms with Gasteiger partial charge in [0, 0.05) is 12.1 Å². The molecule has 1 rings (SSSR count). The molecule has 0 saturated carbocycles. The first kappa shape index (κ1) is 13.9. The number of anilines is 1. The standard InChI is InChI=1S/C11H20N4OS/c1-5-11(4,6-2)13-8(16)9-14-15-10(17-9)12-7-3/h5-7H2,1-4H3,(H,12,15)(H,13,16). The minimum atomic E-state index is -0.166. The first-order valence-electron chi connectivity index (χ1n) is 5.94. The lowest BCUT2D eigenvalue weighted by Gasteiger charge is -2.27. The Labute approximate surface area is 106 Å². The molecule has 0 fully saturated rings. The second kappa shape index (κ2) is 5.95. The summed E-state index contributed by atoms with van der Waals surface area (Å²) < 4.78 is 0. The molecular formula is C11H20N4OS. The molecule has 0 radical (unpaired) electrons. The van der Waals surface area contributed by atoms with Crippen LogP contribution in [0.2, 0.25) is 0 Å². The van der Waals surface area contributed by atoms with Gasteiger partial charge in [0.15, 0.2) is 0 Å². The van der Waals surface area contributed by atoms with E-state index in [1.54, 1.807) is 0 Å². The van der Waals surface area contributed by atoms with Crippen LogP contribution in [0.1, 0.15) is 50.3 Å². The van der Waals surface area contributed by atoms with Crippen LogP contribution < -0.4 is 10.6 Å². The Morgan fingerprint density at radius 3 is 2.47 bits per heavy atom. The molecule has 0 bridgehead atoms. The zero-order valence-electron chi connectivity index (χ0n) is 10.8. The fourth-order valence-electron chi connectivity index (χ4n) is 1.29. The monoisotopic (exact) mass is 256 g/mol. The molecule has 96 valence electrons. The van der Waals surface area contributed by atoms with Crippen LogP contribution >= 0.6 is 11.3 Å². The van der Waals surface area contributed by atoms with E-state index in [1.165, 1.54) is 11.3 Å². The summed E-state index contributed by atoms with van der Waals surface area (Å²) in [6.45, 7) is 8.92. The summed E-state index contributed by atoms with van der Waals surface area (Å²) in [6, 6.07) is 0. The first-order valence-corrected chi connectivity index (χ1v) is 6.76. The molecule has 1 aromatic rings. The number of amides is 1. The van der Waals surface area contributed by atoms with Gasteiger partial charge in [-0.05, 0) is 26.7 Å². The number of nitrogens with zero attached hydrogens (tertiary/aromatic N) is 2. The van der Waals surface area contributed by atoms with E-state index < -0.39 is 0 Å². The van der Waals surface area contributed by atoms with E-state index in [4.69, 9.17) is 0 Å². The third-order valence-electron chi connectivity index (χ3n) is 2.92. The normalized spacial score (nSPS) is 11.3. The molecule has 17 heavy (non-hydrogen) atoms. The lowest BCUT2D eigenvalue weighted by molar-refractivity contribution is 0.0900. The first-order chi connectivity index (χ1) is 8.04. The lowest BCUT2D eigenvalue weighted by atomic mass is 9.96. The number of carbonyl (C=O) groups excluding carboxylic acids is 1. The van der Waals surface area contributed by atoms with Crippen LogP contribution in [-0.2, 0) is 0 Å². The average Bonchev–Trinajstić information content (AvgIpc) is 2.78. The molecule has 5 nitrogen and oxygen atoms in total. The number of aromatic nitrogens is 2. The molecule has 1 heterocycles. The molecule has 0 atom stereocenters. The van der Waals surface area contributed by atoms with Crippen LogP contribution in [-0.4, -0.2) is 28.2 Å². The van der Waals surface area contributed by atoms with Gasteiger partial charge < -0.3 is 10.6 Å². The fraction of sp³-hybridized carbons (Fsp3) is 0.727. The molecule has 0 aliphatic heterocycles. The highest BCUT2D eigenvalue weighted by molar-refractivity contribution is 7.17. The molecule has 0 aromatic carbocycles. The predicted molar refractivity (Wildman–Crippen MR) is 70.5 cm³/mol. The van der Waals surface area contributed by atoms with Gasteiger partial charge in [-0.3, -0.25) is 4.79 Å². The van der Waals surface area contributed by atoms with Crippen LogP contribution in [0.3, 0.4) is 0 Å². The van der Waals surface area contributed by atoms with Crippen LogP contribution in [0.15, 0.2) is 0 Å². The van der Waals surface area contributed by atoms with Gasteiger partial charge in [0.1, 0.15) is 0 Å². The number of nitrogens with one attached hydrogen (secondary N) is 2. The molecule has 2 N–H and O–H groups in total. The quantitative estimate of drug-likeness (QED) is 0.819. The molecule has 1 amide bonds. The molecule has 0 aliphatic rings. The van der Waals surface area contributed by atoms with E-state index in [9.17, 15) is 4.79 Å². The number of carbonyl (C=O) groups is 1. The molecule has 0 aliphatic carbocycles. The van der Waals surface area contributed by atoms with E-state index in [-0.39, 0.29) is 11.4 Å². The van der Waals surface area contributed by atoms with Crippen LogP contribution in [0, 0.1) is 0 Å². The Hall–Kier alpha value is -1.17. The van der Waals surface area contributed by atoms with E-state index in [0.717, 1.165) is 19.4 Å². The maximum absolute atomic E-state index is 12.0.